The van der Waals surface area contributed by atoms with Gasteiger partial charge in [-0.1, -0.05) is 18.2 Å². The lowest BCUT2D eigenvalue weighted by atomic mass is 10.1. The van der Waals surface area contributed by atoms with Crippen LogP contribution in [0.1, 0.15) is 24.8 Å². The van der Waals surface area contributed by atoms with Crippen molar-refractivity contribution < 1.29 is 0 Å². The maximum Gasteiger partial charge on any atom is 0.0402 e. The molecule has 0 amide bonds. The van der Waals surface area contributed by atoms with Crippen LogP contribution in [0.5, 0.6) is 0 Å². The van der Waals surface area contributed by atoms with Crippen LogP contribution in [0.2, 0.25) is 0 Å². The number of fused-ring (bicyclic) bond motifs is 1. The third-order valence-electron chi connectivity index (χ3n) is 4.21. The highest BCUT2D eigenvalue weighted by Crippen LogP contribution is 2.36. The van der Waals surface area contributed by atoms with Gasteiger partial charge in [0.05, 0.1) is 0 Å². The van der Waals surface area contributed by atoms with Crippen molar-refractivity contribution in [3.8, 4) is 0 Å². The van der Waals surface area contributed by atoms with E-state index < -0.39 is 0 Å². The van der Waals surface area contributed by atoms with E-state index in [-0.39, 0.29) is 0 Å². The van der Waals surface area contributed by atoms with Crippen molar-refractivity contribution in [1.29, 1.82) is 0 Å². The van der Waals surface area contributed by atoms with Crippen molar-refractivity contribution in [3.63, 3.8) is 0 Å². The number of para-hydroxylation sites is 1. The summed E-state index contributed by atoms with van der Waals surface area (Å²) in [6, 6.07) is 9.60. The molecule has 1 aromatic rings. The minimum absolute atomic E-state index is 0.747. The highest BCUT2D eigenvalue weighted by Gasteiger charge is 2.31. The lowest BCUT2D eigenvalue weighted by molar-refractivity contribution is 0.538. The van der Waals surface area contributed by atoms with Gasteiger partial charge in [0.25, 0.3) is 0 Å². The fraction of sp³-hybridized carbons (Fsp3) is 0.571. The number of benzene rings is 1. The molecule has 2 atom stereocenters. The molecule has 16 heavy (non-hydrogen) atoms. The molecule has 1 heterocycles. The van der Waals surface area contributed by atoms with Crippen molar-refractivity contribution >= 4 is 5.69 Å². The van der Waals surface area contributed by atoms with E-state index >= 15 is 0 Å². The summed E-state index contributed by atoms with van der Waals surface area (Å²) >= 11 is 0. The first-order valence-corrected chi connectivity index (χ1v) is 6.43. The second-order valence-corrected chi connectivity index (χ2v) is 5.14. The predicted octanol–water partition coefficient (Wildman–Crippen LogP) is 2.18. The van der Waals surface area contributed by atoms with Gasteiger partial charge in [0.15, 0.2) is 0 Å². The van der Waals surface area contributed by atoms with Gasteiger partial charge in [0.1, 0.15) is 0 Å². The normalized spacial score (nSPS) is 28.4. The fourth-order valence-corrected chi connectivity index (χ4v) is 3.29. The number of anilines is 1. The van der Waals surface area contributed by atoms with E-state index in [0.717, 1.165) is 18.5 Å². The van der Waals surface area contributed by atoms with Crippen LogP contribution in [-0.2, 0) is 6.42 Å². The van der Waals surface area contributed by atoms with E-state index in [0.29, 0.717) is 0 Å². The predicted molar refractivity (Wildman–Crippen MR) is 67.7 cm³/mol. The van der Waals surface area contributed by atoms with Crippen LogP contribution in [0.3, 0.4) is 0 Å². The Morgan fingerprint density at radius 3 is 2.94 bits per heavy atom. The van der Waals surface area contributed by atoms with Crippen molar-refractivity contribution in [1.82, 2.24) is 0 Å². The Balaban J connectivity index is 1.78. The quantitative estimate of drug-likeness (QED) is 0.821. The molecule has 2 aliphatic rings. The van der Waals surface area contributed by atoms with Gasteiger partial charge in [0, 0.05) is 18.3 Å². The minimum atomic E-state index is 0.747. The van der Waals surface area contributed by atoms with Gasteiger partial charge < -0.3 is 10.6 Å². The Morgan fingerprint density at radius 1 is 1.25 bits per heavy atom. The molecule has 1 aliphatic heterocycles. The summed E-state index contributed by atoms with van der Waals surface area (Å²) in [5, 5.41) is 0. The molecule has 1 aliphatic carbocycles. The second-order valence-electron chi connectivity index (χ2n) is 5.14. The first-order valence-electron chi connectivity index (χ1n) is 6.43. The van der Waals surface area contributed by atoms with Gasteiger partial charge in [-0.25, -0.2) is 0 Å². The first kappa shape index (κ1) is 10.2. The van der Waals surface area contributed by atoms with Crippen molar-refractivity contribution in [2.24, 2.45) is 11.7 Å². The topological polar surface area (TPSA) is 29.3 Å². The van der Waals surface area contributed by atoms with Crippen molar-refractivity contribution in [3.05, 3.63) is 29.8 Å². The largest absolute Gasteiger partial charge is 0.368 e. The van der Waals surface area contributed by atoms with E-state index in [4.69, 9.17) is 5.73 Å². The Hall–Kier alpha value is -1.02. The van der Waals surface area contributed by atoms with E-state index in [1.165, 1.54) is 43.5 Å². The zero-order valence-corrected chi connectivity index (χ0v) is 9.73. The lowest BCUT2D eigenvalue weighted by Gasteiger charge is -2.27. The van der Waals surface area contributed by atoms with Crippen LogP contribution >= 0.6 is 0 Å². The van der Waals surface area contributed by atoms with E-state index in [1.54, 1.807) is 0 Å². The maximum atomic E-state index is 5.77. The summed E-state index contributed by atoms with van der Waals surface area (Å²) in [5.41, 5.74) is 8.77. The Bertz CT molecular complexity index is 375. The number of nitrogens with zero attached hydrogens (tertiary/aromatic N) is 1. The van der Waals surface area contributed by atoms with Crippen LogP contribution in [0.15, 0.2) is 24.3 Å². The van der Waals surface area contributed by atoms with Crippen LogP contribution in [0.25, 0.3) is 0 Å². The standard InChI is InChI=1S/C14H20N2/c15-10-11-5-6-13(9-11)16-8-7-12-3-1-2-4-14(12)16/h1-4,11,13H,5-10,15H2. The van der Waals surface area contributed by atoms with Crippen LogP contribution in [0, 0.1) is 5.92 Å². The van der Waals surface area contributed by atoms with Gasteiger partial charge >= 0.3 is 0 Å². The van der Waals surface area contributed by atoms with E-state index in [1.807, 2.05) is 0 Å². The van der Waals surface area contributed by atoms with Gasteiger partial charge in [-0.05, 0) is 49.8 Å². The average molecular weight is 216 g/mol. The first-order chi connectivity index (χ1) is 7.88. The fourth-order valence-electron chi connectivity index (χ4n) is 3.29. The highest BCUT2D eigenvalue weighted by molar-refractivity contribution is 5.58. The lowest BCUT2D eigenvalue weighted by Crippen LogP contribution is -2.32. The molecule has 2 unspecified atom stereocenters. The summed E-state index contributed by atoms with van der Waals surface area (Å²) < 4.78 is 0. The molecule has 0 aromatic heterocycles. The molecule has 2 heteroatoms. The Labute approximate surface area is 97.4 Å². The summed E-state index contributed by atoms with van der Waals surface area (Å²) in [7, 11) is 0. The third kappa shape index (κ3) is 1.61. The van der Waals surface area contributed by atoms with Crippen molar-refractivity contribution in [2.75, 3.05) is 18.0 Å². The van der Waals surface area contributed by atoms with Crippen LogP contribution in [-0.4, -0.2) is 19.1 Å². The molecule has 1 fully saturated rings. The molecule has 86 valence electrons. The van der Waals surface area contributed by atoms with Gasteiger partial charge in [0.2, 0.25) is 0 Å². The number of hydrogen-bond donors (Lipinski definition) is 1. The maximum absolute atomic E-state index is 5.77. The molecule has 2 N–H and O–H groups in total. The van der Waals surface area contributed by atoms with Crippen LogP contribution < -0.4 is 10.6 Å². The number of hydrogen-bond acceptors (Lipinski definition) is 2. The molecule has 1 saturated carbocycles. The molecule has 2 nitrogen and oxygen atoms in total. The molecule has 0 radical (unpaired) electrons. The summed E-state index contributed by atoms with van der Waals surface area (Å²) in [4.78, 5) is 2.62. The van der Waals surface area contributed by atoms with Gasteiger partial charge in [-0.15, -0.1) is 0 Å². The summed E-state index contributed by atoms with van der Waals surface area (Å²) in [5.74, 6) is 0.762. The van der Waals surface area contributed by atoms with E-state index in [2.05, 4.69) is 29.2 Å². The Kier molecular flexibility index (Phi) is 2.60. The molecular weight excluding hydrogens is 196 g/mol. The van der Waals surface area contributed by atoms with Gasteiger partial charge in [-0.3, -0.25) is 0 Å². The monoisotopic (exact) mass is 216 g/mol. The molecular formula is C14H20N2. The summed E-state index contributed by atoms with van der Waals surface area (Å²) in [6.45, 7) is 2.08. The molecule has 0 bridgehead atoms. The van der Waals surface area contributed by atoms with E-state index in [9.17, 15) is 0 Å². The third-order valence-corrected chi connectivity index (χ3v) is 4.21. The van der Waals surface area contributed by atoms with Crippen LogP contribution in [0.4, 0.5) is 5.69 Å². The smallest absolute Gasteiger partial charge is 0.0402 e. The average Bonchev–Trinajstić information content (AvgIpc) is 2.94. The zero-order valence-electron chi connectivity index (χ0n) is 9.73. The second kappa shape index (κ2) is 4.10. The number of nitrogens with two attached hydrogens (primary N) is 1. The minimum Gasteiger partial charge on any atom is -0.368 e. The zero-order chi connectivity index (χ0) is 11.0. The Morgan fingerprint density at radius 2 is 2.12 bits per heavy atom. The van der Waals surface area contributed by atoms with Gasteiger partial charge in [-0.2, -0.15) is 0 Å². The molecule has 3 rings (SSSR count). The molecule has 1 aromatic carbocycles. The summed E-state index contributed by atoms with van der Waals surface area (Å²) in [6.07, 6.45) is 5.17. The molecule has 0 spiro atoms. The SMILES string of the molecule is NCC1CCC(N2CCc3ccccc32)C1. The van der Waals surface area contributed by atoms with Crippen molar-refractivity contribution in [2.45, 2.75) is 31.7 Å². The highest BCUT2D eigenvalue weighted by atomic mass is 15.2. The number of rotatable bonds is 2. The molecule has 0 saturated heterocycles.